The van der Waals surface area contributed by atoms with Crippen molar-refractivity contribution in [1.82, 2.24) is 9.97 Å². The van der Waals surface area contributed by atoms with E-state index < -0.39 is 0 Å². The number of hydrogen-bond acceptors (Lipinski definition) is 4. The summed E-state index contributed by atoms with van der Waals surface area (Å²) in [6.07, 6.45) is 0. The zero-order valence-corrected chi connectivity index (χ0v) is 24.9. The molecule has 0 spiro atoms. The normalized spacial score (nSPS) is 13.3. The number of hydrogen-bond donors (Lipinski definition) is 0. The minimum absolute atomic E-state index is 0.0536. The molecule has 8 aromatic rings. The second-order valence-electron chi connectivity index (χ2n) is 12.3. The molecule has 0 saturated carbocycles. The molecule has 0 unspecified atom stereocenters. The Morgan fingerprint density at radius 3 is 1.64 bits per heavy atom. The Labute approximate surface area is 260 Å². The SMILES string of the molecule is CC1(C)c2ccccc2-c2c(-c3cccc(-c4cc(-c5nc6ccccc6o5)cc(-c5nc6ccccc6o5)c4)c3)cccc21. The summed E-state index contributed by atoms with van der Waals surface area (Å²) in [6.45, 7) is 4.65. The molecule has 0 amide bonds. The van der Waals surface area contributed by atoms with E-state index in [1.54, 1.807) is 0 Å². The van der Waals surface area contributed by atoms with Crippen LogP contribution in [0.3, 0.4) is 0 Å². The first-order valence-electron chi connectivity index (χ1n) is 15.2. The van der Waals surface area contributed by atoms with Crippen molar-refractivity contribution in [1.29, 1.82) is 0 Å². The number of nitrogens with zero attached hydrogens (tertiary/aromatic N) is 2. The standard InChI is InChI=1S/C41H28N2O2/c1-41(2)32-15-4-3-13-31(32)38-30(14-10-16-33(38)41)26-12-9-11-25(21-26)27-22-28(39-42-34-17-5-7-19-36(34)44-39)24-29(23-27)40-43-35-18-6-8-20-37(35)45-40/h3-24H,1-2H3. The van der Waals surface area contributed by atoms with Crippen molar-refractivity contribution in [2.45, 2.75) is 19.3 Å². The second kappa shape index (κ2) is 9.63. The first kappa shape index (κ1) is 25.7. The first-order valence-corrected chi connectivity index (χ1v) is 15.2. The summed E-state index contributed by atoms with van der Waals surface area (Å²) in [4.78, 5) is 9.63. The van der Waals surface area contributed by atoms with Crippen molar-refractivity contribution in [3.05, 3.63) is 145 Å². The van der Waals surface area contributed by atoms with E-state index >= 15 is 0 Å². The maximum absolute atomic E-state index is 6.23. The van der Waals surface area contributed by atoms with Gasteiger partial charge >= 0.3 is 0 Å². The molecular weight excluding hydrogens is 552 g/mol. The van der Waals surface area contributed by atoms with E-state index in [1.807, 2.05) is 54.6 Å². The van der Waals surface area contributed by atoms with Crippen LogP contribution in [-0.2, 0) is 5.41 Å². The molecule has 0 N–H and O–H groups in total. The average Bonchev–Trinajstić information content (AvgIpc) is 3.78. The lowest BCUT2D eigenvalue weighted by Crippen LogP contribution is -2.14. The molecule has 0 aliphatic heterocycles. The molecule has 9 rings (SSSR count). The van der Waals surface area contributed by atoms with Gasteiger partial charge in [0.15, 0.2) is 11.2 Å². The van der Waals surface area contributed by atoms with Gasteiger partial charge in [0.1, 0.15) is 11.0 Å². The maximum atomic E-state index is 6.23. The van der Waals surface area contributed by atoms with Gasteiger partial charge in [0.05, 0.1) is 0 Å². The van der Waals surface area contributed by atoms with E-state index in [0.29, 0.717) is 11.8 Å². The largest absolute Gasteiger partial charge is 0.436 e. The summed E-state index contributed by atoms with van der Waals surface area (Å²) in [5.74, 6) is 1.12. The summed E-state index contributed by atoms with van der Waals surface area (Å²) in [6, 6.07) is 46.3. The van der Waals surface area contributed by atoms with E-state index in [4.69, 9.17) is 18.8 Å². The molecule has 2 heterocycles. The van der Waals surface area contributed by atoms with E-state index in [2.05, 4.69) is 92.7 Å². The number of oxazole rings is 2. The number of rotatable bonds is 4. The van der Waals surface area contributed by atoms with Crippen molar-refractivity contribution < 1.29 is 8.83 Å². The van der Waals surface area contributed by atoms with Crippen LogP contribution in [0.5, 0.6) is 0 Å². The number of aromatic nitrogens is 2. The van der Waals surface area contributed by atoms with Gasteiger partial charge in [0.25, 0.3) is 0 Å². The zero-order valence-electron chi connectivity index (χ0n) is 24.9. The number of para-hydroxylation sites is 4. The van der Waals surface area contributed by atoms with Gasteiger partial charge in [-0.25, -0.2) is 9.97 Å². The van der Waals surface area contributed by atoms with Crippen LogP contribution in [0.15, 0.2) is 142 Å². The minimum atomic E-state index is -0.0536. The molecule has 4 nitrogen and oxygen atoms in total. The van der Waals surface area contributed by atoms with Crippen LogP contribution in [0.4, 0.5) is 0 Å². The van der Waals surface area contributed by atoms with E-state index in [-0.39, 0.29) is 5.41 Å². The Balaban J connectivity index is 1.22. The summed E-state index contributed by atoms with van der Waals surface area (Å²) < 4.78 is 12.5. The quantitative estimate of drug-likeness (QED) is 0.208. The lowest BCUT2D eigenvalue weighted by Gasteiger charge is -2.21. The fourth-order valence-electron chi connectivity index (χ4n) is 6.89. The van der Waals surface area contributed by atoms with Gasteiger partial charge < -0.3 is 8.83 Å². The molecule has 6 aromatic carbocycles. The van der Waals surface area contributed by atoms with E-state index in [1.165, 1.54) is 33.4 Å². The molecule has 0 fully saturated rings. The highest BCUT2D eigenvalue weighted by molar-refractivity contribution is 5.93. The van der Waals surface area contributed by atoms with Crippen LogP contribution in [-0.4, -0.2) is 9.97 Å². The second-order valence-corrected chi connectivity index (χ2v) is 12.3. The van der Waals surface area contributed by atoms with Crippen LogP contribution in [0.2, 0.25) is 0 Å². The molecule has 0 bridgehead atoms. The molecule has 214 valence electrons. The Hall–Kier alpha value is -5.74. The highest BCUT2D eigenvalue weighted by Crippen LogP contribution is 2.52. The van der Waals surface area contributed by atoms with Crippen molar-refractivity contribution in [3.63, 3.8) is 0 Å². The predicted molar refractivity (Wildman–Crippen MR) is 181 cm³/mol. The molecule has 4 heteroatoms. The van der Waals surface area contributed by atoms with Gasteiger partial charge in [0, 0.05) is 16.5 Å². The van der Waals surface area contributed by atoms with Gasteiger partial charge in [-0.1, -0.05) is 98.8 Å². The molecule has 45 heavy (non-hydrogen) atoms. The molecule has 0 radical (unpaired) electrons. The molecule has 1 aliphatic carbocycles. The van der Waals surface area contributed by atoms with Crippen LogP contribution >= 0.6 is 0 Å². The Bertz CT molecular complexity index is 2270. The molecule has 1 aliphatic rings. The average molecular weight is 581 g/mol. The highest BCUT2D eigenvalue weighted by atomic mass is 16.4. The maximum Gasteiger partial charge on any atom is 0.227 e. The van der Waals surface area contributed by atoms with Gasteiger partial charge in [-0.05, 0) is 93.0 Å². The summed E-state index contributed by atoms with van der Waals surface area (Å²) in [7, 11) is 0. The Morgan fingerprint density at radius 1 is 0.444 bits per heavy atom. The molecule has 2 aromatic heterocycles. The lowest BCUT2D eigenvalue weighted by atomic mass is 9.82. The predicted octanol–water partition coefficient (Wildman–Crippen LogP) is 10.9. The summed E-state index contributed by atoms with van der Waals surface area (Å²) in [5.41, 5.74) is 14.7. The van der Waals surface area contributed by atoms with Gasteiger partial charge in [-0.15, -0.1) is 0 Å². The zero-order chi connectivity index (χ0) is 30.1. The first-order chi connectivity index (χ1) is 22.0. The van der Waals surface area contributed by atoms with Crippen molar-refractivity contribution >= 4 is 22.2 Å². The lowest BCUT2D eigenvalue weighted by molar-refractivity contribution is 0.617. The summed E-state index contributed by atoms with van der Waals surface area (Å²) in [5, 5.41) is 0. The number of benzene rings is 6. The van der Waals surface area contributed by atoms with Gasteiger partial charge in [0.2, 0.25) is 11.8 Å². The third-order valence-corrected chi connectivity index (χ3v) is 9.13. The van der Waals surface area contributed by atoms with Crippen LogP contribution in [0, 0.1) is 0 Å². The molecule has 0 saturated heterocycles. The highest BCUT2D eigenvalue weighted by Gasteiger charge is 2.36. The van der Waals surface area contributed by atoms with E-state index in [9.17, 15) is 0 Å². The Kier molecular flexibility index (Phi) is 5.51. The number of fused-ring (bicyclic) bond motifs is 5. The van der Waals surface area contributed by atoms with Gasteiger partial charge in [-0.2, -0.15) is 0 Å². The van der Waals surface area contributed by atoms with Gasteiger partial charge in [-0.3, -0.25) is 0 Å². The minimum Gasteiger partial charge on any atom is -0.436 e. The monoisotopic (exact) mass is 580 g/mol. The fourth-order valence-corrected chi connectivity index (χ4v) is 6.89. The topological polar surface area (TPSA) is 52.1 Å². The van der Waals surface area contributed by atoms with E-state index in [0.717, 1.165) is 44.5 Å². The van der Waals surface area contributed by atoms with Crippen molar-refractivity contribution in [3.8, 4) is 56.3 Å². The third kappa shape index (κ3) is 4.06. The van der Waals surface area contributed by atoms with Crippen LogP contribution in [0.1, 0.15) is 25.0 Å². The molecular formula is C41H28N2O2. The fraction of sp³-hybridized carbons (Fsp3) is 0.0732. The van der Waals surface area contributed by atoms with Crippen LogP contribution < -0.4 is 0 Å². The smallest absolute Gasteiger partial charge is 0.227 e. The van der Waals surface area contributed by atoms with Crippen LogP contribution in [0.25, 0.3) is 78.5 Å². The molecule has 0 atom stereocenters. The third-order valence-electron chi connectivity index (χ3n) is 9.13. The van der Waals surface area contributed by atoms with Crippen molar-refractivity contribution in [2.75, 3.05) is 0 Å². The Morgan fingerprint density at radius 2 is 0.956 bits per heavy atom. The van der Waals surface area contributed by atoms with Crippen molar-refractivity contribution in [2.24, 2.45) is 0 Å². The summed E-state index contributed by atoms with van der Waals surface area (Å²) >= 11 is 0.